The van der Waals surface area contributed by atoms with Crippen molar-refractivity contribution < 1.29 is 4.42 Å². The molecule has 0 amide bonds. The van der Waals surface area contributed by atoms with E-state index in [4.69, 9.17) is 4.42 Å². The van der Waals surface area contributed by atoms with Crippen molar-refractivity contribution in [2.45, 2.75) is 20.3 Å². The third-order valence-electron chi connectivity index (χ3n) is 2.27. The average molecular weight is 204 g/mol. The van der Waals surface area contributed by atoms with Crippen molar-refractivity contribution in [1.29, 1.82) is 0 Å². The Kier molecular flexibility index (Phi) is 2.41. The molecule has 0 aliphatic heterocycles. The predicted molar refractivity (Wildman–Crippen MR) is 56.7 cm³/mol. The first-order chi connectivity index (χ1) is 7.20. The summed E-state index contributed by atoms with van der Waals surface area (Å²) in [4.78, 5) is 18.4. The number of aryl methyl sites for hydroxylation is 2. The summed E-state index contributed by atoms with van der Waals surface area (Å²) in [6.07, 6.45) is 2.33. The second-order valence-corrected chi connectivity index (χ2v) is 3.33. The SMILES string of the molecule is CCc1cc(=O)[nH]c(-c2ccoc2C)n1. The number of hydrogen-bond donors (Lipinski definition) is 1. The quantitative estimate of drug-likeness (QED) is 0.812. The molecule has 78 valence electrons. The van der Waals surface area contributed by atoms with Crippen molar-refractivity contribution in [3.63, 3.8) is 0 Å². The molecule has 0 aromatic carbocycles. The van der Waals surface area contributed by atoms with Crippen LogP contribution >= 0.6 is 0 Å². The monoisotopic (exact) mass is 204 g/mol. The Hall–Kier alpha value is -1.84. The van der Waals surface area contributed by atoms with Gasteiger partial charge >= 0.3 is 0 Å². The number of furan rings is 1. The van der Waals surface area contributed by atoms with Crippen molar-refractivity contribution in [3.05, 3.63) is 40.2 Å². The van der Waals surface area contributed by atoms with Crippen LogP contribution < -0.4 is 5.56 Å². The van der Waals surface area contributed by atoms with Gasteiger partial charge in [-0.25, -0.2) is 4.98 Å². The van der Waals surface area contributed by atoms with E-state index in [1.807, 2.05) is 13.8 Å². The van der Waals surface area contributed by atoms with Crippen LogP contribution in [0.2, 0.25) is 0 Å². The van der Waals surface area contributed by atoms with Gasteiger partial charge < -0.3 is 9.40 Å². The van der Waals surface area contributed by atoms with Gasteiger partial charge in [-0.2, -0.15) is 0 Å². The van der Waals surface area contributed by atoms with Gasteiger partial charge in [0.1, 0.15) is 11.6 Å². The van der Waals surface area contributed by atoms with Crippen LogP contribution in [0.25, 0.3) is 11.4 Å². The molecule has 2 rings (SSSR count). The maximum atomic E-state index is 11.4. The Morgan fingerprint density at radius 3 is 2.93 bits per heavy atom. The molecule has 0 radical (unpaired) electrons. The fourth-order valence-electron chi connectivity index (χ4n) is 1.45. The molecular weight excluding hydrogens is 192 g/mol. The van der Waals surface area contributed by atoms with Crippen molar-refractivity contribution in [1.82, 2.24) is 9.97 Å². The van der Waals surface area contributed by atoms with Crippen molar-refractivity contribution in [2.75, 3.05) is 0 Å². The fourth-order valence-corrected chi connectivity index (χ4v) is 1.45. The van der Waals surface area contributed by atoms with Gasteiger partial charge in [-0.05, 0) is 19.4 Å². The Balaban J connectivity index is 2.58. The number of rotatable bonds is 2. The molecule has 0 atom stereocenters. The third kappa shape index (κ3) is 1.83. The Morgan fingerprint density at radius 1 is 1.53 bits per heavy atom. The Bertz CT molecular complexity index is 525. The molecule has 0 saturated carbocycles. The lowest BCUT2D eigenvalue weighted by molar-refractivity contribution is 0.535. The molecule has 0 spiro atoms. The minimum Gasteiger partial charge on any atom is -0.469 e. The molecule has 0 aliphatic rings. The standard InChI is InChI=1S/C11H12N2O2/c1-3-8-6-10(14)13-11(12-8)9-4-5-15-7(9)2/h4-6H,3H2,1-2H3,(H,12,13,14). The normalized spacial score (nSPS) is 10.5. The second kappa shape index (κ2) is 3.73. The van der Waals surface area contributed by atoms with Gasteiger partial charge in [0.25, 0.3) is 5.56 Å². The Morgan fingerprint density at radius 2 is 2.33 bits per heavy atom. The van der Waals surface area contributed by atoms with Crippen LogP contribution in [-0.4, -0.2) is 9.97 Å². The molecule has 4 heteroatoms. The maximum absolute atomic E-state index is 11.4. The molecule has 0 unspecified atom stereocenters. The molecule has 2 aromatic heterocycles. The van der Waals surface area contributed by atoms with E-state index in [0.29, 0.717) is 5.82 Å². The van der Waals surface area contributed by atoms with Gasteiger partial charge in [-0.3, -0.25) is 4.79 Å². The summed E-state index contributed by atoms with van der Waals surface area (Å²) in [6, 6.07) is 3.31. The van der Waals surface area contributed by atoms with Crippen LogP contribution in [0, 0.1) is 6.92 Å². The number of H-pyrrole nitrogens is 1. The summed E-state index contributed by atoms with van der Waals surface area (Å²) in [6.45, 7) is 3.81. The molecule has 2 aromatic rings. The molecule has 0 aliphatic carbocycles. The van der Waals surface area contributed by atoms with E-state index in [1.54, 1.807) is 12.3 Å². The van der Waals surface area contributed by atoms with Crippen LogP contribution in [0.3, 0.4) is 0 Å². The smallest absolute Gasteiger partial charge is 0.251 e. The lowest BCUT2D eigenvalue weighted by atomic mass is 10.2. The van der Waals surface area contributed by atoms with Gasteiger partial charge in [0.05, 0.1) is 11.8 Å². The molecule has 0 fully saturated rings. The highest BCUT2D eigenvalue weighted by atomic mass is 16.3. The number of hydrogen-bond acceptors (Lipinski definition) is 3. The lowest BCUT2D eigenvalue weighted by Gasteiger charge is -2.00. The van der Waals surface area contributed by atoms with E-state index in [1.165, 1.54) is 6.07 Å². The van der Waals surface area contributed by atoms with E-state index >= 15 is 0 Å². The van der Waals surface area contributed by atoms with Crippen LogP contribution in [0.5, 0.6) is 0 Å². The van der Waals surface area contributed by atoms with Gasteiger partial charge in [-0.15, -0.1) is 0 Å². The number of nitrogens with zero attached hydrogens (tertiary/aromatic N) is 1. The van der Waals surface area contributed by atoms with Crippen LogP contribution in [0.1, 0.15) is 18.4 Å². The molecule has 15 heavy (non-hydrogen) atoms. The van der Waals surface area contributed by atoms with Crippen LogP contribution in [-0.2, 0) is 6.42 Å². The van der Waals surface area contributed by atoms with E-state index in [2.05, 4.69) is 9.97 Å². The lowest BCUT2D eigenvalue weighted by Crippen LogP contribution is -2.09. The van der Waals surface area contributed by atoms with Crippen molar-refractivity contribution in [2.24, 2.45) is 0 Å². The van der Waals surface area contributed by atoms with Crippen molar-refractivity contribution in [3.8, 4) is 11.4 Å². The van der Waals surface area contributed by atoms with Gasteiger partial charge in [-0.1, -0.05) is 6.92 Å². The van der Waals surface area contributed by atoms with Crippen molar-refractivity contribution >= 4 is 0 Å². The molecular formula is C11H12N2O2. The predicted octanol–water partition coefficient (Wildman–Crippen LogP) is 1.90. The third-order valence-corrected chi connectivity index (χ3v) is 2.27. The van der Waals surface area contributed by atoms with E-state index in [0.717, 1.165) is 23.4 Å². The highest BCUT2D eigenvalue weighted by Crippen LogP contribution is 2.19. The van der Waals surface area contributed by atoms with Gasteiger partial charge in [0.15, 0.2) is 0 Å². The number of nitrogens with one attached hydrogen (secondary N) is 1. The Labute approximate surface area is 87.0 Å². The van der Waals surface area contributed by atoms with Crippen LogP contribution in [0.15, 0.2) is 27.6 Å². The van der Waals surface area contributed by atoms with Gasteiger partial charge in [0, 0.05) is 11.8 Å². The summed E-state index contributed by atoms with van der Waals surface area (Å²) >= 11 is 0. The summed E-state index contributed by atoms with van der Waals surface area (Å²) in [7, 11) is 0. The zero-order valence-electron chi connectivity index (χ0n) is 8.70. The summed E-state index contributed by atoms with van der Waals surface area (Å²) < 4.78 is 5.17. The van der Waals surface area contributed by atoms with E-state index in [9.17, 15) is 4.79 Å². The number of aromatic nitrogens is 2. The molecule has 0 saturated heterocycles. The summed E-state index contributed by atoms with van der Waals surface area (Å²) in [5.74, 6) is 1.33. The number of aromatic amines is 1. The van der Waals surface area contributed by atoms with E-state index < -0.39 is 0 Å². The first kappa shape index (κ1) is 9.71. The molecule has 1 N–H and O–H groups in total. The highest BCUT2D eigenvalue weighted by molar-refractivity contribution is 5.56. The fraction of sp³-hybridized carbons (Fsp3) is 0.273. The van der Waals surface area contributed by atoms with Gasteiger partial charge in [0.2, 0.25) is 0 Å². The minimum absolute atomic E-state index is 0.127. The maximum Gasteiger partial charge on any atom is 0.251 e. The zero-order chi connectivity index (χ0) is 10.8. The van der Waals surface area contributed by atoms with E-state index in [-0.39, 0.29) is 5.56 Å². The summed E-state index contributed by atoms with van der Waals surface area (Å²) in [5, 5.41) is 0. The zero-order valence-corrected chi connectivity index (χ0v) is 8.70. The first-order valence-electron chi connectivity index (χ1n) is 4.85. The molecule has 0 bridgehead atoms. The molecule has 2 heterocycles. The highest BCUT2D eigenvalue weighted by Gasteiger charge is 2.07. The molecule has 4 nitrogen and oxygen atoms in total. The van der Waals surface area contributed by atoms with Crippen LogP contribution in [0.4, 0.5) is 0 Å². The largest absolute Gasteiger partial charge is 0.469 e. The average Bonchev–Trinajstić information content (AvgIpc) is 2.63. The first-order valence-corrected chi connectivity index (χ1v) is 4.85. The second-order valence-electron chi connectivity index (χ2n) is 3.33. The minimum atomic E-state index is -0.127. The summed E-state index contributed by atoms with van der Waals surface area (Å²) in [5.41, 5.74) is 1.49. The topological polar surface area (TPSA) is 58.9 Å².